The van der Waals surface area contributed by atoms with E-state index in [0.29, 0.717) is 5.75 Å². The Hall–Kier alpha value is -2.35. The number of rotatable bonds is 2. The monoisotopic (exact) mass is 240 g/mol. The average Bonchev–Trinajstić information content (AvgIpc) is 2.41. The zero-order valence-electron chi connectivity index (χ0n) is 10.4. The number of hydrogen-bond acceptors (Lipinski definition) is 2. The summed E-state index contributed by atoms with van der Waals surface area (Å²) in [7, 11) is 0. The summed E-state index contributed by atoms with van der Waals surface area (Å²) < 4.78 is 4.93. The van der Waals surface area contributed by atoms with Gasteiger partial charge in [-0.1, -0.05) is 67.3 Å². The highest BCUT2D eigenvalue weighted by Crippen LogP contribution is 2.18. The van der Waals surface area contributed by atoms with Crippen molar-refractivity contribution in [3.05, 3.63) is 72.8 Å². The molecule has 0 aromatic heterocycles. The standard InChI is InChI=1S/C10H10O2.C6H6/c1-3-9-6-4-5-7-10(9)12-8(2)11;1-2-4-6-5-3-1/h3-7H,1H2,2H3;1-6H. The third-order valence-corrected chi connectivity index (χ3v) is 2.06. The third kappa shape index (κ3) is 5.12. The molecule has 2 nitrogen and oxygen atoms in total. The van der Waals surface area contributed by atoms with Gasteiger partial charge in [0, 0.05) is 12.5 Å². The average molecular weight is 240 g/mol. The van der Waals surface area contributed by atoms with Gasteiger partial charge in [-0.15, -0.1) is 0 Å². The maximum atomic E-state index is 10.6. The van der Waals surface area contributed by atoms with Crippen LogP contribution < -0.4 is 4.74 Å². The van der Waals surface area contributed by atoms with Gasteiger partial charge in [0.2, 0.25) is 0 Å². The number of hydrogen-bond donors (Lipinski definition) is 0. The Morgan fingerprint density at radius 1 is 1.00 bits per heavy atom. The topological polar surface area (TPSA) is 26.3 Å². The molecule has 92 valence electrons. The molecule has 0 aliphatic rings. The van der Waals surface area contributed by atoms with Crippen LogP contribution in [-0.4, -0.2) is 5.97 Å². The minimum atomic E-state index is -0.315. The van der Waals surface area contributed by atoms with E-state index in [1.165, 1.54) is 6.92 Å². The highest BCUT2D eigenvalue weighted by Gasteiger charge is 2.00. The molecule has 0 N–H and O–H groups in total. The normalized spacial score (nSPS) is 8.72. The molecule has 0 heterocycles. The van der Waals surface area contributed by atoms with Crippen LogP contribution in [0.2, 0.25) is 0 Å². The van der Waals surface area contributed by atoms with Crippen LogP contribution in [0.5, 0.6) is 5.75 Å². The Labute approximate surface area is 108 Å². The van der Waals surface area contributed by atoms with Crippen molar-refractivity contribution in [2.45, 2.75) is 6.92 Å². The van der Waals surface area contributed by atoms with Gasteiger partial charge >= 0.3 is 5.97 Å². The van der Waals surface area contributed by atoms with Gasteiger partial charge in [0.25, 0.3) is 0 Å². The largest absolute Gasteiger partial charge is 0.426 e. The molecule has 0 aliphatic carbocycles. The summed E-state index contributed by atoms with van der Waals surface area (Å²) in [5.41, 5.74) is 0.827. The molecule has 2 rings (SSSR count). The predicted molar refractivity (Wildman–Crippen MR) is 74.3 cm³/mol. The van der Waals surface area contributed by atoms with Crippen molar-refractivity contribution in [1.82, 2.24) is 0 Å². The number of carbonyl (C=O) groups excluding carboxylic acids is 1. The van der Waals surface area contributed by atoms with Crippen molar-refractivity contribution in [1.29, 1.82) is 0 Å². The summed E-state index contributed by atoms with van der Waals surface area (Å²) >= 11 is 0. The zero-order chi connectivity index (χ0) is 13.2. The van der Waals surface area contributed by atoms with E-state index >= 15 is 0 Å². The van der Waals surface area contributed by atoms with Crippen molar-refractivity contribution in [3.8, 4) is 5.75 Å². The van der Waals surface area contributed by atoms with E-state index in [9.17, 15) is 4.79 Å². The molecular formula is C16H16O2. The van der Waals surface area contributed by atoms with Crippen LogP contribution in [-0.2, 0) is 4.79 Å². The molecule has 2 aromatic carbocycles. The van der Waals surface area contributed by atoms with Gasteiger partial charge < -0.3 is 4.74 Å². The Morgan fingerprint density at radius 2 is 1.50 bits per heavy atom. The number of para-hydroxylation sites is 1. The maximum absolute atomic E-state index is 10.6. The Bertz CT molecular complexity index is 463. The Morgan fingerprint density at radius 3 is 1.94 bits per heavy atom. The summed E-state index contributed by atoms with van der Waals surface area (Å²) in [6.07, 6.45) is 1.65. The van der Waals surface area contributed by atoms with Gasteiger partial charge in [0.15, 0.2) is 0 Å². The van der Waals surface area contributed by atoms with Crippen molar-refractivity contribution in [2.24, 2.45) is 0 Å². The Kier molecular flexibility index (Phi) is 5.98. The van der Waals surface area contributed by atoms with E-state index in [0.717, 1.165) is 5.56 Å². The van der Waals surface area contributed by atoms with Gasteiger partial charge in [0.1, 0.15) is 5.75 Å². The lowest BCUT2D eigenvalue weighted by atomic mass is 10.2. The van der Waals surface area contributed by atoms with Crippen molar-refractivity contribution < 1.29 is 9.53 Å². The molecule has 0 amide bonds. The van der Waals surface area contributed by atoms with E-state index in [2.05, 4.69) is 6.58 Å². The molecule has 0 saturated heterocycles. The Balaban J connectivity index is 0.000000225. The SMILES string of the molecule is C=Cc1ccccc1OC(C)=O.c1ccccc1. The van der Waals surface area contributed by atoms with Crippen LogP contribution in [0.3, 0.4) is 0 Å². The summed E-state index contributed by atoms with van der Waals surface area (Å²) in [4.78, 5) is 10.6. The third-order valence-electron chi connectivity index (χ3n) is 2.06. The molecule has 0 unspecified atom stereocenters. The van der Waals surface area contributed by atoms with Gasteiger partial charge in [-0.05, 0) is 6.07 Å². The molecule has 0 radical (unpaired) electrons. The second-order valence-electron chi connectivity index (χ2n) is 3.49. The number of esters is 1. The van der Waals surface area contributed by atoms with E-state index in [-0.39, 0.29) is 5.97 Å². The molecule has 0 aliphatic heterocycles. The van der Waals surface area contributed by atoms with Crippen molar-refractivity contribution >= 4 is 12.0 Å². The minimum Gasteiger partial charge on any atom is -0.426 e. The quantitative estimate of drug-likeness (QED) is 0.587. The van der Waals surface area contributed by atoms with Gasteiger partial charge in [0.05, 0.1) is 0 Å². The van der Waals surface area contributed by atoms with Crippen LogP contribution in [0.25, 0.3) is 6.08 Å². The molecule has 2 aromatic rings. The van der Waals surface area contributed by atoms with Crippen LogP contribution in [0, 0.1) is 0 Å². The van der Waals surface area contributed by atoms with E-state index < -0.39 is 0 Å². The van der Waals surface area contributed by atoms with Gasteiger partial charge in [-0.25, -0.2) is 0 Å². The van der Waals surface area contributed by atoms with Crippen molar-refractivity contribution in [3.63, 3.8) is 0 Å². The fourth-order valence-corrected chi connectivity index (χ4v) is 1.28. The maximum Gasteiger partial charge on any atom is 0.308 e. The number of carbonyl (C=O) groups is 1. The highest BCUT2D eigenvalue weighted by atomic mass is 16.5. The smallest absolute Gasteiger partial charge is 0.308 e. The van der Waals surface area contributed by atoms with Gasteiger partial charge in [-0.2, -0.15) is 0 Å². The molecular weight excluding hydrogens is 224 g/mol. The molecule has 0 bridgehead atoms. The first-order valence-electron chi connectivity index (χ1n) is 5.64. The molecule has 0 atom stereocenters. The lowest BCUT2D eigenvalue weighted by molar-refractivity contribution is -0.131. The minimum absolute atomic E-state index is 0.315. The molecule has 0 spiro atoms. The van der Waals surface area contributed by atoms with Crippen LogP contribution in [0.4, 0.5) is 0 Å². The van der Waals surface area contributed by atoms with Crippen LogP contribution in [0.15, 0.2) is 67.2 Å². The van der Waals surface area contributed by atoms with E-state index in [1.54, 1.807) is 12.1 Å². The molecule has 0 fully saturated rings. The fourth-order valence-electron chi connectivity index (χ4n) is 1.28. The van der Waals surface area contributed by atoms with E-state index in [1.807, 2.05) is 54.6 Å². The van der Waals surface area contributed by atoms with Crippen LogP contribution >= 0.6 is 0 Å². The summed E-state index contributed by atoms with van der Waals surface area (Å²) in [5.74, 6) is 0.240. The second-order valence-corrected chi connectivity index (χ2v) is 3.49. The molecule has 18 heavy (non-hydrogen) atoms. The zero-order valence-corrected chi connectivity index (χ0v) is 10.4. The number of ether oxygens (including phenoxy) is 1. The van der Waals surface area contributed by atoms with Crippen LogP contribution in [0.1, 0.15) is 12.5 Å². The van der Waals surface area contributed by atoms with Crippen molar-refractivity contribution in [2.75, 3.05) is 0 Å². The first-order valence-corrected chi connectivity index (χ1v) is 5.64. The molecule has 0 saturated carbocycles. The molecule has 2 heteroatoms. The first kappa shape index (κ1) is 13.7. The predicted octanol–water partition coefficient (Wildman–Crippen LogP) is 3.94. The van der Waals surface area contributed by atoms with Gasteiger partial charge in [-0.3, -0.25) is 4.79 Å². The number of benzene rings is 2. The summed E-state index contributed by atoms with van der Waals surface area (Å²) in [6, 6.07) is 19.2. The second kappa shape index (κ2) is 7.85. The summed E-state index contributed by atoms with van der Waals surface area (Å²) in [6.45, 7) is 4.98. The first-order chi connectivity index (χ1) is 8.74. The lowest BCUT2D eigenvalue weighted by Gasteiger charge is -2.03. The van der Waals surface area contributed by atoms with E-state index in [4.69, 9.17) is 4.74 Å². The summed E-state index contributed by atoms with van der Waals surface area (Å²) in [5, 5.41) is 0. The highest BCUT2D eigenvalue weighted by molar-refractivity contribution is 5.71. The lowest BCUT2D eigenvalue weighted by Crippen LogP contribution is -2.02. The fraction of sp³-hybridized carbons (Fsp3) is 0.0625.